The van der Waals surface area contributed by atoms with Gasteiger partial charge in [-0.15, -0.1) is 0 Å². The Labute approximate surface area is 119 Å². The molecule has 104 valence electrons. The van der Waals surface area contributed by atoms with E-state index in [0.29, 0.717) is 16.6 Å². The number of aryl methyl sites for hydroxylation is 1. The van der Waals surface area contributed by atoms with E-state index in [1.54, 1.807) is 0 Å². The first-order chi connectivity index (χ1) is 9.09. The molecule has 1 N–H and O–H groups in total. The summed E-state index contributed by atoms with van der Waals surface area (Å²) >= 11 is 6.18. The van der Waals surface area contributed by atoms with Crippen molar-refractivity contribution in [2.24, 2.45) is 0 Å². The van der Waals surface area contributed by atoms with Crippen molar-refractivity contribution in [2.75, 3.05) is 20.1 Å². The molecular formula is C15H21ClN2O. The summed E-state index contributed by atoms with van der Waals surface area (Å²) in [5.74, 6) is 0.0249. The van der Waals surface area contributed by atoms with Gasteiger partial charge >= 0.3 is 0 Å². The van der Waals surface area contributed by atoms with Gasteiger partial charge in [-0.05, 0) is 57.0 Å². The Kier molecular flexibility index (Phi) is 4.83. The zero-order chi connectivity index (χ0) is 13.8. The molecular weight excluding hydrogens is 260 g/mol. The van der Waals surface area contributed by atoms with Gasteiger partial charge in [0.15, 0.2) is 0 Å². The molecule has 1 amide bonds. The number of halogens is 1. The Bertz CT molecular complexity index is 453. The first-order valence-corrected chi connectivity index (χ1v) is 7.21. The van der Waals surface area contributed by atoms with Crippen LogP contribution < -0.4 is 5.32 Å². The molecule has 1 aromatic rings. The lowest BCUT2D eigenvalue weighted by molar-refractivity contribution is 0.0720. The normalized spacial score (nSPS) is 19.8. The Hall–Kier alpha value is -1.06. The van der Waals surface area contributed by atoms with Gasteiger partial charge in [0, 0.05) is 13.1 Å². The van der Waals surface area contributed by atoms with E-state index >= 15 is 0 Å². The Balaban J connectivity index is 2.13. The third kappa shape index (κ3) is 3.48. The van der Waals surface area contributed by atoms with Crippen LogP contribution in [-0.2, 0) is 0 Å². The van der Waals surface area contributed by atoms with Crippen LogP contribution in [0.25, 0.3) is 0 Å². The SMILES string of the molecule is Cc1ccc(C(=O)N(C)C2CCCNCC2)c(Cl)c1. The molecule has 2 rings (SSSR count). The van der Waals surface area contributed by atoms with Gasteiger partial charge < -0.3 is 10.2 Å². The summed E-state index contributed by atoms with van der Waals surface area (Å²) in [6, 6.07) is 5.91. The number of hydrogen-bond donors (Lipinski definition) is 1. The number of hydrogen-bond acceptors (Lipinski definition) is 2. The van der Waals surface area contributed by atoms with Gasteiger partial charge in [-0.1, -0.05) is 17.7 Å². The quantitative estimate of drug-likeness (QED) is 0.903. The zero-order valence-corrected chi connectivity index (χ0v) is 12.3. The number of carbonyl (C=O) groups excluding carboxylic acids is 1. The molecule has 1 saturated heterocycles. The molecule has 1 unspecified atom stereocenters. The third-order valence-corrected chi connectivity index (χ3v) is 4.08. The molecule has 0 saturated carbocycles. The van der Waals surface area contributed by atoms with E-state index in [-0.39, 0.29) is 5.91 Å². The van der Waals surface area contributed by atoms with Crippen molar-refractivity contribution in [3.8, 4) is 0 Å². The molecule has 3 nitrogen and oxygen atoms in total. The number of nitrogens with zero attached hydrogens (tertiary/aromatic N) is 1. The molecule has 1 atom stereocenters. The second kappa shape index (κ2) is 6.40. The minimum absolute atomic E-state index is 0.0249. The lowest BCUT2D eigenvalue weighted by Crippen LogP contribution is -2.37. The van der Waals surface area contributed by atoms with Crippen LogP contribution in [0, 0.1) is 6.92 Å². The fourth-order valence-electron chi connectivity index (χ4n) is 2.54. The van der Waals surface area contributed by atoms with E-state index in [1.807, 2.05) is 37.1 Å². The lowest BCUT2D eigenvalue weighted by Gasteiger charge is -2.27. The standard InChI is InChI=1S/C15H21ClN2O/c1-11-5-6-13(14(16)10-11)15(19)18(2)12-4-3-8-17-9-7-12/h5-6,10,12,17H,3-4,7-9H2,1-2H3. The summed E-state index contributed by atoms with van der Waals surface area (Å²) < 4.78 is 0. The zero-order valence-electron chi connectivity index (χ0n) is 11.6. The lowest BCUT2D eigenvalue weighted by atomic mass is 10.1. The molecule has 0 bridgehead atoms. The van der Waals surface area contributed by atoms with Gasteiger partial charge in [-0.2, -0.15) is 0 Å². The molecule has 4 heteroatoms. The highest BCUT2D eigenvalue weighted by Crippen LogP contribution is 2.21. The fraction of sp³-hybridized carbons (Fsp3) is 0.533. The maximum Gasteiger partial charge on any atom is 0.255 e. The topological polar surface area (TPSA) is 32.3 Å². The van der Waals surface area contributed by atoms with Crippen molar-refractivity contribution in [1.29, 1.82) is 0 Å². The number of amides is 1. The monoisotopic (exact) mass is 280 g/mol. The van der Waals surface area contributed by atoms with Gasteiger partial charge in [0.05, 0.1) is 10.6 Å². The first-order valence-electron chi connectivity index (χ1n) is 6.83. The van der Waals surface area contributed by atoms with Crippen molar-refractivity contribution in [3.63, 3.8) is 0 Å². The van der Waals surface area contributed by atoms with Crippen LogP contribution in [0.15, 0.2) is 18.2 Å². The number of carbonyl (C=O) groups is 1. The van der Waals surface area contributed by atoms with Gasteiger partial charge in [0.1, 0.15) is 0 Å². The number of nitrogens with one attached hydrogen (secondary N) is 1. The molecule has 19 heavy (non-hydrogen) atoms. The van der Waals surface area contributed by atoms with Gasteiger partial charge in [0.2, 0.25) is 0 Å². The van der Waals surface area contributed by atoms with Crippen LogP contribution >= 0.6 is 11.6 Å². The first kappa shape index (κ1) is 14.4. The maximum atomic E-state index is 12.5. The molecule has 0 aliphatic carbocycles. The summed E-state index contributed by atoms with van der Waals surface area (Å²) in [6.07, 6.45) is 3.17. The van der Waals surface area contributed by atoms with Gasteiger partial charge in [-0.25, -0.2) is 0 Å². The van der Waals surface area contributed by atoms with E-state index < -0.39 is 0 Å². The third-order valence-electron chi connectivity index (χ3n) is 3.77. The Morgan fingerprint density at radius 1 is 1.37 bits per heavy atom. The van der Waals surface area contributed by atoms with Crippen LogP contribution in [0.4, 0.5) is 0 Å². The smallest absolute Gasteiger partial charge is 0.255 e. The molecule has 1 heterocycles. The second-order valence-electron chi connectivity index (χ2n) is 5.23. The average Bonchev–Trinajstić information content (AvgIpc) is 2.66. The van der Waals surface area contributed by atoms with Gasteiger partial charge in [-0.3, -0.25) is 4.79 Å². The summed E-state index contributed by atoms with van der Waals surface area (Å²) in [5, 5.41) is 3.91. The molecule has 1 aliphatic rings. The summed E-state index contributed by atoms with van der Waals surface area (Å²) in [4.78, 5) is 14.4. The van der Waals surface area contributed by atoms with E-state index in [4.69, 9.17) is 11.6 Å². The van der Waals surface area contributed by atoms with Crippen molar-refractivity contribution in [3.05, 3.63) is 34.3 Å². The number of benzene rings is 1. The van der Waals surface area contributed by atoms with Crippen LogP contribution in [0.2, 0.25) is 5.02 Å². The molecule has 1 fully saturated rings. The van der Waals surface area contributed by atoms with Crippen molar-refractivity contribution >= 4 is 17.5 Å². The predicted octanol–water partition coefficient (Wildman–Crippen LogP) is 2.86. The maximum absolute atomic E-state index is 12.5. The molecule has 0 aromatic heterocycles. The number of rotatable bonds is 2. The molecule has 0 radical (unpaired) electrons. The highest BCUT2D eigenvalue weighted by Gasteiger charge is 2.23. The summed E-state index contributed by atoms with van der Waals surface area (Å²) in [7, 11) is 1.88. The van der Waals surface area contributed by atoms with E-state index in [0.717, 1.165) is 37.9 Å². The summed E-state index contributed by atoms with van der Waals surface area (Å²) in [6.45, 7) is 3.99. The highest BCUT2D eigenvalue weighted by atomic mass is 35.5. The van der Waals surface area contributed by atoms with Crippen LogP contribution in [0.3, 0.4) is 0 Å². The molecule has 1 aliphatic heterocycles. The van der Waals surface area contributed by atoms with Crippen molar-refractivity contribution < 1.29 is 4.79 Å². The van der Waals surface area contributed by atoms with Crippen molar-refractivity contribution in [1.82, 2.24) is 10.2 Å². The van der Waals surface area contributed by atoms with Gasteiger partial charge in [0.25, 0.3) is 5.91 Å². The van der Waals surface area contributed by atoms with E-state index in [2.05, 4.69) is 5.32 Å². The largest absolute Gasteiger partial charge is 0.339 e. The van der Waals surface area contributed by atoms with E-state index in [9.17, 15) is 4.79 Å². The van der Waals surface area contributed by atoms with Crippen LogP contribution in [0.1, 0.15) is 35.2 Å². The van der Waals surface area contributed by atoms with Crippen molar-refractivity contribution in [2.45, 2.75) is 32.2 Å². The minimum atomic E-state index is 0.0249. The fourth-order valence-corrected chi connectivity index (χ4v) is 2.85. The Morgan fingerprint density at radius 3 is 2.89 bits per heavy atom. The minimum Gasteiger partial charge on any atom is -0.339 e. The second-order valence-corrected chi connectivity index (χ2v) is 5.64. The van der Waals surface area contributed by atoms with E-state index in [1.165, 1.54) is 0 Å². The average molecular weight is 281 g/mol. The predicted molar refractivity (Wildman–Crippen MR) is 78.8 cm³/mol. The molecule has 0 spiro atoms. The van der Waals surface area contributed by atoms with Crippen LogP contribution in [0.5, 0.6) is 0 Å². The molecule has 1 aromatic carbocycles. The van der Waals surface area contributed by atoms with Crippen LogP contribution in [-0.4, -0.2) is 37.0 Å². The highest BCUT2D eigenvalue weighted by molar-refractivity contribution is 6.33. The Morgan fingerprint density at radius 2 is 2.16 bits per heavy atom. The summed E-state index contributed by atoms with van der Waals surface area (Å²) in [5.41, 5.74) is 1.68.